The van der Waals surface area contributed by atoms with Crippen LogP contribution >= 0.6 is 8.09 Å². The van der Waals surface area contributed by atoms with Gasteiger partial charge in [-0.3, -0.25) is 0 Å². The summed E-state index contributed by atoms with van der Waals surface area (Å²) < 4.78 is 15.9. The van der Waals surface area contributed by atoms with Gasteiger partial charge < -0.3 is 0 Å². The quantitative estimate of drug-likeness (QED) is 0.347. The molecule has 0 radical (unpaired) electrons. The molecule has 2 heterocycles. The topological polar surface area (TPSA) is 113 Å². The Balaban J connectivity index is 1.83. The molecular weight excluding hydrogens is 387 g/mol. The molecule has 2 rings (SSSR count). The van der Waals surface area contributed by atoms with Gasteiger partial charge in [-0.25, -0.2) is 0 Å². The molecule has 28 heavy (non-hydrogen) atoms. The number of amides is 1. The van der Waals surface area contributed by atoms with Gasteiger partial charge in [-0.2, -0.15) is 0 Å². The van der Waals surface area contributed by atoms with Crippen molar-refractivity contribution >= 4 is 20.0 Å². The Morgan fingerprint density at radius 2 is 1.93 bits per heavy atom. The van der Waals surface area contributed by atoms with Crippen molar-refractivity contribution in [2.24, 2.45) is 5.41 Å². The summed E-state index contributed by atoms with van der Waals surface area (Å²) in [6.07, 6.45) is -0.789. The Morgan fingerprint density at radius 3 is 2.57 bits per heavy atom. The Labute approximate surface area is 167 Å². The third-order valence-corrected chi connectivity index (χ3v) is 6.88. The molecule has 2 saturated heterocycles. The number of hydrogen-bond donors (Lipinski definition) is 3. The summed E-state index contributed by atoms with van der Waals surface area (Å²) in [4.78, 5) is 39.1. The standard InChI is InChI=1S/C17H35N4O6P/c1-17(2)13-26-28(24,19-7-8-21-11-9-20(3)10-12-21)27-15(17)16(23)18-6-5-14(22)25-4/h15,19,24,28H,5-13H2,1-4H3,(H,18,23)/t15-/m0/s1. The number of carbonyl (C=O) groups is 2. The Hall–Kier alpha value is -0.870. The van der Waals surface area contributed by atoms with Gasteiger partial charge in [0.05, 0.1) is 0 Å². The van der Waals surface area contributed by atoms with Crippen LogP contribution in [-0.2, 0) is 23.4 Å². The van der Waals surface area contributed by atoms with Gasteiger partial charge in [0.1, 0.15) is 0 Å². The van der Waals surface area contributed by atoms with E-state index in [0.717, 1.165) is 32.7 Å². The van der Waals surface area contributed by atoms with Crippen LogP contribution in [0.2, 0.25) is 0 Å². The molecule has 0 saturated carbocycles. The van der Waals surface area contributed by atoms with E-state index < -0.39 is 25.6 Å². The van der Waals surface area contributed by atoms with Crippen LogP contribution < -0.4 is 10.4 Å². The van der Waals surface area contributed by atoms with Crippen molar-refractivity contribution in [3.63, 3.8) is 0 Å². The monoisotopic (exact) mass is 422 g/mol. The maximum atomic E-state index is 12.5. The van der Waals surface area contributed by atoms with E-state index in [4.69, 9.17) is 9.05 Å². The van der Waals surface area contributed by atoms with E-state index in [0.29, 0.717) is 6.54 Å². The predicted octanol–water partition coefficient (Wildman–Crippen LogP) is -0.653. The summed E-state index contributed by atoms with van der Waals surface area (Å²) in [6, 6.07) is 0. The molecule has 11 heteroatoms. The van der Waals surface area contributed by atoms with E-state index in [1.807, 2.05) is 13.8 Å². The van der Waals surface area contributed by atoms with Crippen molar-refractivity contribution in [3.8, 4) is 0 Å². The van der Waals surface area contributed by atoms with Crippen LogP contribution in [0, 0.1) is 5.41 Å². The zero-order chi connectivity index (χ0) is 20.8. The number of carbonyl (C=O) groups excluding carboxylic acids is 2. The third kappa shape index (κ3) is 6.88. The van der Waals surface area contributed by atoms with Gasteiger partial charge in [-0.1, -0.05) is 0 Å². The molecule has 0 aromatic rings. The summed E-state index contributed by atoms with van der Waals surface area (Å²) >= 11 is 0. The predicted molar refractivity (Wildman–Crippen MR) is 107 cm³/mol. The number of ether oxygens (including phenoxy) is 1. The number of methoxy groups -OCH3 is 1. The first-order valence-corrected chi connectivity index (χ1v) is 11.5. The number of piperazine rings is 1. The molecule has 0 aromatic heterocycles. The van der Waals surface area contributed by atoms with Crippen LogP contribution in [0.3, 0.4) is 0 Å². The average molecular weight is 422 g/mol. The Kier molecular flexibility index (Phi) is 8.57. The van der Waals surface area contributed by atoms with Gasteiger partial charge in [0.25, 0.3) is 0 Å². The van der Waals surface area contributed by atoms with E-state index in [2.05, 4.69) is 32.0 Å². The van der Waals surface area contributed by atoms with Crippen LogP contribution in [0.4, 0.5) is 0 Å². The van der Waals surface area contributed by atoms with E-state index in [9.17, 15) is 14.5 Å². The number of likely N-dealkylation sites (N-methyl/N-ethyl adjacent to an activating group) is 1. The summed E-state index contributed by atoms with van der Waals surface area (Å²) in [6.45, 7) is 9.35. The fourth-order valence-electron chi connectivity index (χ4n) is 3.14. The summed E-state index contributed by atoms with van der Waals surface area (Å²) in [5.41, 5.74) is -0.603. The van der Waals surface area contributed by atoms with Crippen LogP contribution in [0.25, 0.3) is 0 Å². The molecule has 2 aliphatic rings. The van der Waals surface area contributed by atoms with Gasteiger partial charge in [-0.15, -0.1) is 0 Å². The molecule has 10 nitrogen and oxygen atoms in total. The number of rotatable bonds is 8. The van der Waals surface area contributed by atoms with Gasteiger partial charge in [0.2, 0.25) is 0 Å². The number of nitrogens with one attached hydrogen (secondary N) is 2. The summed E-state index contributed by atoms with van der Waals surface area (Å²) in [7, 11) is -0.253. The average Bonchev–Trinajstić information content (AvgIpc) is 2.65. The van der Waals surface area contributed by atoms with Crippen LogP contribution in [0.5, 0.6) is 0 Å². The maximum absolute atomic E-state index is 12.5. The van der Waals surface area contributed by atoms with E-state index in [-0.39, 0.29) is 25.5 Å². The minimum atomic E-state index is -3.66. The van der Waals surface area contributed by atoms with Crippen LogP contribution in [-0.4, -0.2) is 99.3 Å². The zero-order valence-corrected chi connectivity index (χ0v) is 18.3. The second-order valence-electron chi connectivity index (χ2n) is 8.05. The van der Waals surface area contributed by atoms with Gasteiger partial charge in [-0.05, 0) is 0 Å². The van der Waals surface area contributed by atoms with Crippen molar-refractivity contribution in [2.75, 3.05) is 66.6 Å². The van der Waals surface area contributed by atoms with Crippen molar-refractivity contribution in [3.05, 3.63) is 0 Å². The van der Waals surface area contributed by atoms with E-state index in [1.54, 1.807) is 0 Å². The summed E-state index contributed by atoms with van der Waals surface area (Å²) in [5.74, 6) is -0.770. The Bertz CT molecular complexity index is 544. The number of nitrogens with zero attached hydrogens (tertiary/aromatic N) is 2. The normalized spacial score (nSPS) is 26.4. The fraction of sp³-hybridized carbons (Fsp3) is 0.882. The van der Waals surface area contributed by atoms with E-state index in [1.165, 1.54) is 7.11 Å². The first-order chi connectivity index (χ1) is 13.1. The molecule has 3 N–H and O–H groups in total. The van der Waals surface area contributed by atoms with Crippen LogP contribution in [0.15, 0.2) is 0 Å². The molecule has 1 atom stereocenters. The van der Waals surface area contributed by atoms with E-state index >= 15 is 0 Å². The molecular formula is C17H35N4O6P. The Morgan fingerprint density at radius 1 is 1.25 bits per heavy atom. The molecule has 1 amide bonds. The van der Waals surface area contributed by atoms with Crippen molar-refractivity contribution in [1.82, 2.24) is 20.2 Å². The van der Waals surface area contributed by atoms with Crippen molar-refractivity contribution in [2.45, 2.75) is 26.4 Å². The first kappa shape index (κ1) is 23.4. The molecule has 0 aliphatic carbocycles. The minimum absolute atomic E-state index is 0.0802. The third-order valence-electron chi connectivity index (χ3n) is 5.09. The molecule has 2 aliphatic heterocycles. The second-order valence-corrected chi connectivity index (χ2v) is 10.1. The molecule has 164 valence electrons. The SMILES string of the molecule is COC(=O)CCNC(=O)[C@@H]1O[PH](O)(NCCN2CCN(C)CC2)OCC1(C)C. The molecule has 0 spiro atoms. The fourth-order valence-corrected chi connectivity index (χ4v) is 5.13. The van der Waals surface area contributed by atoms with Gasteiger partial charge in [0.15, 0.2) is 0 Å². The molecule has 0 unspecified atom stereocenters. The summed E-state index contributed by atoms with van der Waals surface area (Å²) in [5, 5.41) is 5.68. The first-order valence-electron chi connectivity index (χ1n) is 9.70. The van der Waals surface area contributed by atoms with Gasteiger partial charge >= 0.3 is 167 Å². The number of hydrogen-bond acceptors (Lipinski definition) is 9. The molecule has 0 bridgehead atoms. The molecule has 2 fully saturated rings. The van der Waals surface area contributed by atoms with Crippen molar-refractivity contribution in [1.29, 1.82) is 0 Å². The van der Waals surface area contributed by atoms with Gasteiger partial charge in [0, 0.05) is 0 Å². The van der Waals surface area contributed by atoms with Crippen molar-refractivity contribution < 1.29 is 28.3 Å². The molecule has 0 aromatic carbocycles. The van der Waals surface area contributed by atoms with Crippen LogP contribution in [0.1, 0.15) is 20.3 Å². The number of esters is 1. The second kappa shape index (κ2) is 10.2. The zero-order valence-electron chi connectivity index (χ0n) is 17.3.